The van der Waals surface area contributed by atoms with Gasteiger partial charge in [0.2, 0.25) is 11.8 Å². The van der Waals surface area contributed by atoms with E-state index in [2.05, 4.69) is 16.0 Å². The minimum atomic E-state index is -1.92. The predicted molar refractivity (Wildman–Crippen MR) is 331 cm³/mol. The SMILES string of the molecule is COc1cc2cc(c1Cl)N(C)C(=O)C[C@H](OC(=O)[C@H](C)N(C)C(=O)CCOC(=O)N(C)CCN(C)C(=O)OCc1ccc(NC(=O)OC3/C=C/CCCCC3)c(NCC(=O)ON3C(=O)CCC3=O)c1)[C@]1(C)O[C@H]1[C@H](C)[C@@H]1C[C@@](O)(NC(=O)O1)[C@H](OC)/C=C/C=C(\C)C2. The monoisotopic (exact) mass is 1310 g/mol. The number of alkyl carbamates (subject to hydrolysis) is 1. The van der Waals surface area contributed by atoms with Crippen LogP contribution in [0.1, 0.15) is 103 Å². The van der Waals surface area contributed by atoms with Gasteiger partial charge in [-0.05, 0) is 94.3 Å². The Morgan fingerprint density at radius 2 is 1.62 bits per heavy atom. The lowest BCUT2D eigenvalue weighted by Crippen LogP contribution is -2.63. The molecule has 8 amide bonds. The summed E-state index contributed by atoms with van der Waals surface area (Å²) >= 11 is 6.83. The summed E-state index contributed by atoms with van der Waals surface area (Å²) in [6.45, 7) is 5.44. The van der Waals surface area contributed by atoms with Crippen LogP contribution < -0.4 is 25.6 Å². The zero-order chi connectivity index (χ0) is 67.2. The summed E-state index contributed by atoms with van der Waals surface area (Å²) in [5.74, 6) is -4.65. The molecule has 7 rings (SSSR count). The fraction of sp³-hybridized carbons (Fsp3) is 0.556. The van der Waals surface area contributed by atoms with Crippen LogP contribution in [0.2, 0.25) is 5.02 Å². The van der Waals surface area contributed by atoms with E-state index in [0.29, 0.717) is 34.9 Å². The number of ether oxygens (including phenoxy) is 8. The number of imide groups is 1. The third kappa shape index (κ3) is 18.4. The van der Waals surface area contributed by atoms with Crippen molar-refractivity contribution >= 4 is 88.6 Å². The lowest BCUT2D eigenvalue weighted by atomic mass is 9.83. The second kappa shape index (κ2) is 31.7. The van der Waals surface area contributed by atoms with Crippen LogP contribution in [-0.4, -0.2) is 201 Å². The number of rotatable bonds is 19. The molecule has 4 N–H and O–H groups in total. The largest absolute Gasteiger partial charge is 0.495 e. The van der Waals surface area contributed by atoms with Gasteiger partial charge in [-0.2, -0.15) is 0 Å². The Balaban J connectivity index is 0.925. The van der Waals surface area contributed by atoms with Gasteiger partial charge in [0, 0.05) is 73.6 Å². The quantitative estimate of drug-likeness (QED) is 0.0374. The van der Waals surface area contributed by atoms with Gasteiger partial charge in [0.1, 0.15) is 66.6 Å². The number of allylic oxidation sites excluding steroid dienone is 4. The molecule has 4 bridgehead atoms. The fourth-order valence-electron chi connectivity index (χ4n) is 10.9. The van der Waals surface area contributed by atoms with Gasteiger partial charge in [-0.15, -0.1) is 5.06 Å². The number of nitrogens with zero attached hydrogens (tertiary/aromatic N) is 5. The molecule has 9 atom stereocenters. The van der Waals surface area contributed by atoms with Crippen LogP contribution >= 0.6 is 11.6 Å². The second-order valence-electron chi connectivity index (χ2n) is 23.6. The number of carbonyl (C=O) groups excluding carboxylic acids is 10. The average Bonchev–Trinajstić information content (AvgIpc) is 1.57. The Morgan fingerprint density at radius 1 is 0.913 bits per heavy atom. The topological polar surface area (TPSA) is 330 Å². The molecule has 4 aliphatic heterocycles. The highest BCUT2D eigenvalue weighted by Crippen LogP contribution is 2.49. The molecular weight excluding hydrogens is 1220 g/mol. The first-order chi connectivity index (χ1) is 43.6. The molecule has 2 aromatic carbocycles. The lowest BCUT2D eigenvalue weighted by molar-refractivity contribution is -0.196. The van der Waals surface area contributed by atoms with Crippen LogP contribution in [0.3, 0.4) is 0 Å². The Kier molecular flexibility index (Phi) is 24.5. The normalized spacial score (nSPS) is 25.7. The van der Waals surface area contributed by atoms with E-state index in [0.717, 1.165) is 41.7 Å². The van der Waals surface area contributed by atoms with Gasteiger partial charge < -0.3 is 72.8 Å². The minimum absolute atomic E-state index is 0.0227. The highest BCUT2D eigenvalue weighted by molar-refractivity contribution is 6.35. The second-order valence-corrected chi connectivity index (χ2v) is 24.0. The number of anilines is 3. The maximum absolute atomic E-state index is 14.4. The van der Waals surface area contributed by atoms with Crippen LogP contribution in [0, 0.1) is 5.92 Å². The number of nitrogens with one attached hydrogen (secondary N) is 3. The minimum Gasteiger partial charge on any atom is -0.495 e. The highest BCUT2D eigenvalue weighted by atomic mass is 35.5. The summed E-state index contributed by atoms with van der Waals surface area (Å²) in [4.78, 5) is 141. The first-order valence-corrected chi connectivity index (χ1v) is 30.7. The van der Waals surface area contributed by atoms with Gasteiger partial charge in [-0.3, -0.25) is 29.8 Å². The van der Waals surface area contributed by atoms with Crippen molar-refractivity contribution in [3.63, 3.8) is 0 Å². The van der Waals surface area contributed by atoms with E-state index >= 15 is 0 Å². The summed E-state index contributed by atoms with van der Waals surface area (Å²) in [6, 6.07) is 6.83. The predicted octanol–water partition coefficient (Wildman–Crippen LogP) is 6.70. The summed E-state index contributed by atoms with van der Waals surface area (Å²) in [5.41, 5.74) is -0.549. The number of hydroxylamine groups is 2. The average molecular weight is 1310 g/mol. The van der Waals surface area contributed by atoms with Crippen LogP contribution in [0.5, 0.6) is 5.75 Å². The third-order valence-electron chi connectivity index (χ3n) is 16.7. The van der Waals surface area contributed by atoms with Crippen molar-refractivity contribution in [1.82, 2.24) is 25.1 Å². The van der Waals surface area contributed by atoms with Crippen molar-refractivity contribution in [2.45, 2.75) is 153 Å². The number of carbonyl (C=O) groups is 10. The van der Waals surface area contributed by atoms with Crippen molar-refractivity contribution < 1.29 is 95.8 Å². The molecule has 28 nitrogen and oxygen atoms in total. The third-order valence-corrected chi connectivity index (χ3v) is 17.1. The van der Waals surface area contributed by atoms with Crippen molar-refractivity contribution in [2.75, 3.05) is 84.2 Å². The summed E-state index contributed by atoms with van der Waals surface area (Å²) in [5, 5.41) is 20.5. The first kappa shape index (κ1) is 71.0. The number of methoxy groups -OCH3 is 2. The number of hydrogen-bond donors (Lipinski definition) is 4. The zero-order valence-electron chi connectivity index (χ0n) is 53.4. The molecule has 1 unspecified atom stereocenters. The van der Waals surface area contributed by atoms with Crippen LogP contribution in [-0.2, 0) is 79.8 Å². The van der Waals surface area contributed by atoms with Gasteiger partial charge in [0.05, 0.1) is 43.1 Å². The number of halogens is 1. The number of aliphatic hydroxyl groups is 1. The Bertz CT molecular complexity index is 3180. The molecule has 5 aliphatic rings. The lowest BCUT2D eigenvalue weighted by Gasteiger charge is -2.42. The van der Waals surface area contributed by atoms with E-state index in [1.807, 2.05) is 25.2 Å². The molecule has 0 radical (unpaired) electrons. The van der Waals surface area contributed by atoms with E-state index in [1.54, 1.807) is 44.2 Å². The van der Waals surface area contributed by atoms with Crippen molar-refractivity contribution in [3.8, 4) is 5.75 Å². The number of benzene rings is 2. The Morgan fingerprint density at radius 3 is 2.32 bits per heavy atom. The molecule has 1 aliphatic carbocycles. The van der Waals surface area contributed by atoms with E-state index in [9.17, 15) is 53.1 Å². The smallest absolute Gasteiger partial charge is 0.412 e. The van der Waals surface area contributed by atoms with Crippen molar-refractivity contribution in [3.05, 3.63) is 82.4 Å². The number of likely N-dealkylation sites (N-methyl/N-ethyl adjacent to an activating group) is 3. The molecular formula is C63H83ClN8O20. The number of esters is 1. The molecule has 3 saturated heterocycles. The standard InChI is InChI=1S/C63H83ClN8O20/c1-37-17-16-20-48(85-10)63(83)34-47(89-59(80)67-63)38(2)56-62(4,91-56)49(33-53(76)71(8)45-31-41(29-37)32-46(84-9)55(45)64)90-57(78)39(3)70(7)50(73)25-28-86-60(81)68(5)26-27-69(6)61(82)87-36-40-21-22-43(66-58(79)88-42-18-14-12-11-13-15-19-42)44(30-40)65-35-54(77)92-72-51(74)23-24-52(72)75/h14,16-18,20-22,30-32,38-39,42,47-49,56,65,83H,11-13,15,19,23-29,33-36H2,1-10H3,(H,66,79)(H,67,80)/b18-14+,20-16+,37-17+/t38-,39+,42?,47+,48-,49+,56+,62+,63+/m1/s1. The Hall–Kier alpha value is -8.47. The molecule has 92 heavy (non-hydrogen) atoms. The molecule has 502 valence electrons. The van der Waals surface area contributed by atoms with Gasteiger partial charge in [-0.25, -0.2) is 28.8 Å². The number of amides is 8. The van der Waals surface area contributed by atoms with E-state index in [-0.39, 0.29) is 61.8 Å². The number of epoxide rings is 1. The van der Waals surface area contributed by atoms with Gasteiger partial charge in [-0.1, -0.05) is 60.9 Å². The van der Waals surface area contributed by atoms with Gasteiger partial charge >= 0.3 is 36.3 Å². The maximum Gasteiger partial charge on any atom is 0.412 e. The first-order valence-electron chi connectivity index (χ1n) is 30.3. The maximum atomic E-state index is 14.4. The summed E-state index contributed by atoms with van der Waals surface area (Å²) in [7, 11) is 8.58. The molecule has 0 spiro atoms. The summed E-state index contributed by atoms with van der Waals surface area (Å²) in [6.07, 6.45) is 4.93. The number of hydrogen-bond acceptors (Lipinski definition) is 21. The van der Waals surface area contributed by atoms with Gasteiger partial charge in [0.25, 0.3) is 11.8 Å². The van der Waals surface area contributed by atoms with Crippen LogP contribution in [0.15, 0.2) is 66.3 Å². The molecule has 0 aromatic heterocycles. The molecule has 0 saturated carbocycles. The van der Waals surface area contributed by atoms with E-state index in [1.165, 1.54) is 76.2 Å². The molecule has 2 aromatic rings. The highest BCUT2D eigenvalue weighted by Gasteiger charge is 2.64. The fourth-order valence-corrected chi connectivity index (χ4v) is 11.2. The number of fused-ring (bicyclic) bond motifs is 5. The van der Waals surface area contributed by atoms with Crippen LogP contribution in [0.4, 0.5) is 36.2 Å². The van der Waals surface area contributed by atoms with Gasteiger partial charge in [0.15, 0.2) is 5.72 Å². The van der Waals surface area contributed by atoms with E-state index in [4.69, 9.17) is 54.3 Å². The molecule has 29 heteroatoms. The van der Waals surface area contributed by atoms with Crippen molar-refractivity contribution in [1.29, 1.82) is 0 Å². The molecule has 4 heterocycles. The zero-order valence-corrected chi connectivity index (χ0v) is 54.2. The Labute approximate surface area is 538 Å². The van der Waals surface area contributed by atoms with Crippen LogP contribution in [0.25, 0.3) is 0 Å². The molecule has 3 fully saturated rings. The van der Waals surface area contributed by atoms with E-state index < -0.39 is 133 Å². The summed E-state index contributed by atoms with van der Waals surface area (Å²) < 4.78 is 46.0. The van der Waals surface area contributed by atoms with Crippen molar-refractivity contribution in [2.24, 2.45) is 5.92 Å².